The predicted octanol–water partition coefficient (Wildman–Crippen LogP) is 3.21. The highest BCUT2D eigenvalue weighted by Gasteiger charge is 2.17. The smallest absolute Gasteiger partial charge is 0.123 e. The molecule has 0 bridgehead atoms. The van der Waals surface area contributed by atoms with Crippen LogP contribution < -0.4 is 20.7 Å². The molecular weight excluding hydrogens is 332 g/mol. The van der Waals surface area contributed by atoms with Crippen LogP contribution in [0.2, 0.25) is 0 Å². The van der Waals surface area contributed by atoms with Crippen molar-refractivity contribution in [2.45, 2.75) is 12.5 Å². The first kappa shape index (κ1) is 15.8. The monoisotopic (exact) mass is 350 g/mol. The number of nitrogens with one attached hydrogen (secondary N) is 1. The number of hydrazine groups is 1. The fraction of sp³-hybridized carbons (Fsp3) is 0.250. The molecule has 2 aromatic carbocycles. The van der Waals surface area contributed by atoms with Crippen LogP contribution in [0.1, 0.15) is 17.2 Å². The van der Waals surface area contributed by atoms with Gasteiger partial charge in [0.05, 0.1) is 20.3 Å². The van der Waals surface area contributed by atoms with E-state index >= 15 is 0 Å². The van der Waals surface area contributed by atoms with Gasteiger partial charge in [-0.2, -0.15) is 0 Å². The molecule has 21 heavy (non-hydrogen) atoms. The van der Waals surface area contributed by atoms with Gasteiger partial charge in [-0.25, -0.2) is 0 Å². The molecule has 0 aliphatic heterocycles. The van der Waals surface area contributed by atoms with E-state index in [4.69, 9.17) is 15.3 Å². The van der Waals surface area contributed by atoms with Crippen LogP contribution >= 0.6 is 15.9 Å². The number of rotatable bonds is 6. The Morgan fingerprint density at radius 2 is 1.90 bits per heavy atom. The van der Waals surface area contributed by atoms with E-state index in [1.54, 1.807) is 14.2 Å². The van der Waals surface area contributed by atoms with Crippen LogP contribution in [-0.4, -0.2) is 14.2 Å². The van der Waals surface area contributed by atoms with Crippen molar-refractivity contribution in [1.29, 1.82) is 0 Å². The molecule has 5 heteroatoms. The van der Waals surface area contributed by atoms with E-state index in [2.05, 4.69) is 27.4 Å². The Kier molecular flexibility index (Phi) is 5.61. The summed E-state index contributed by atoms with van der Waals surface area (Å²) in [5, 5.41) is 0. The minimum Gasteiger partial charge on any atom is -0.497 e. The van der Waals surface area contributed by atoms with Gasteiger partial charge in [0.2, 0.25) is 0 Å². The minimum atomic E-state index is -0.0752. The molecule has 0 spiro atoms. The van der Waals surface area contributed by atoms with Gasteiger partial charge in [0.25, 0.3) is 0 Å². The number of nitrogens with two attached hydrogens (primary N) is 1. The van der Waals surface area contributed by atoms with Crippen LogP contribution in [0.25, 0.3) is 0 Å². The van der Waals surface area contributed by atoms with Gasteiger partial charge in [0.15, 0.2) is 0 Å². The third kappa shape index (κ3) is 3.75. The highest BCUT2D eigenvalue weighted by atomic mass is 79.9. The second kappa shape index (κ2) is 7.45. The summed E-state index contributed by atoms with van der Waals surface area (Å²) in [7, 11) is 3.29. The lowest BCUT2D eigenvalue weighted by atomic mass is 9.98. The Morgan fingerprint density at radius 1 is 1.14 bits per heavy atom. The maximum absolute atomic E-state index is 5.76. The van der Waals surface area contributed by atoms with Crippen LogP contribution in [0.15, 0.2) is 46.9 Å². The first-order valence-electron chi connectivity index (χ1n) is 6.61. The van der Waals surface area contributed by atoms with Crippen LogP contribution in [0.3, 0.4) is 0 Å². The Hall–Kier alpha value is -1.56. The molecular formula is C16H19BrN2O2. The number of methoxy groups -OCH3 is 2. The summed E-state index contributed by atoms with van der Waals surface area (Å²) in [6, 6.07) is 13.7. The fourth-order valence-corrected chi connectivity index (χ4v) is 2.70. The summed E-state index contributed by atoms with van der Waals surface area (Å²) in [5.41, 5.74) is 5.00. The largest absolute Gasteiger partial charge is 0.497 e. The highest BCUT2D eigenvalue weighted by Crippen LogP contribution is 2.32. The average molecular weight is 351 g/mol. The van der Waals surface area contributed by atoms with Gasteiger partial charge >= 0.3 is 0 Å². The first-order chi connectivity index (χ1) is 10.2. The molecule has 112 valence electrons. The summed E-state index contributed by atoms with van der Waals surface area (Å²) in [4.78, 5) is 0. The van der Waals surface area contributed by atoms with Crippen molar-refractivity contribution in [3.63, 3.8) is 0 Å². The molecule has 2 rings (SSSR count). The predicted molar refractivity (Wildman–Crippen MR) is 87.5 cm³/mol. The Bertz CT molecular complexity index is 605. The van der Waals surface area contributed by atoms with Gasteiger partial charge in [-0.1, -0.05) is 34.1 Å². The molecule has 0 radical (unpaired) electrons. The molecule has 0 amide bonds. The second-order valence-electron chi connectivity index (χ2n) is 4.62. The van der Waals surface area contributed by atoms with Crippen molar-refractivity contribution in [3.05, 3.63) is 58.1 Å². The summed E-state index contributed by atoms with van der Waals surface area (Å²) in [6.45, 7) is 0. The van der Waals surface area contributed by atoms with Crippen molar-refractivity contribution >= 4 is 15.9 Å². The number of halogens is 1. The van der Waals surface area contributed by atoms with Crippen molar-refractivity contribution in [2.75, 3.05) is 14.2 Å². The zero-order valence-corrected chi connectivity index (χ0v) is 13.7. The first-order valence-corrected chi connectivity index (χ1v) is 7.40. The summed E-state index contributed by atoms with van der Waals surface area (Å²) in [5.74, 6) is 7.32. The zero-order chi connectivity index (χ0) is 15.2. The molecule has 0 saturated heterocycles. The lowest BCUT2D eigenvalue weighted by Crippen LogP contribution is -2.30. The lowest BCUT2D eigenvalue weighted by Gasteiger charge is -2.20. The lowest BCUT2D eigenvalue weighted by molar-refractivity contribution is 0.389. The van der Waals surface area contributed by atoms with E-state index < -0.39 is 0 Å². The van der Waals surface area contributed by atoms with E-state index in [9.17, 15) is 0 Å². The molecule has 2 aromatic rings. The molecule has 0 fully saturated rings. The molecule has 3 N–H and O–H groups in total. The van der Waals surface area contributed by atoms with Gasteiger partial charge in [0.1, 0.15) is 11.5 Å². The molecule has 0 saturated carbocycles. The molecule has 0 aliphatic carbocycles. The molecule has 1 unspecified atom stereocenters. The number of benzene rings is 2. The number of hydrogen-bond donors (Lipinski definition) is 2. The van der Waals surface area contributed by atoms with Gasteiger partial charge < -0.3 is 9.47 Å². The zero-order valence-electron chi connectivity index (χ0n) is 12.1. The molecule has 1 atom stereocenters. The van der Waals surface area contributed by atoms with Gasteiger partial charge in [-0.15, -0.1) is 0 Å². The van der Waals surface area contributed by atoms with Gasteiger partial charge in [-0.3, -0.25) is 11.3 Å². The standard InChI is InChI=1S/C16H19BrN2O2/c1-20-12-7-8-16(21-2)13(10-12)15(19-18)9-11-5-3-4-6-14(11)17/h3-8,10,15,19H,9,18H2,1-2H3. The quantitative estimate of drug-likeness (QED) is 0.620. The molecule has 4 nitrogen and oxygen atoms in total. The third-order valence-electron chi connectivity index (χ3n) is 3.40. The van der Waals surface area contributed by atoms with Crippen LogP contribution in [-0.2, 0) is 6.42 Å². The minimum absolute atomic E-state index is 0.0752. The fourth-order valence-electron chi connectivity index (χ4n) is 2.25. The Balaban J connectivity index is 2.34. The van der Waals surface area contributed by atoms with Crippen LogP contribution in [0, 0.1) is 0 Å². The highest BCUT2D eigenvalue weighted by molar-refractivity contribution is 9.10. The third-order valence-corrected chi connectivity index (χ3v) is 4.17. The molecule has 0 heterocycles. The Labute approximate surface area is 133 Å². The Morgan fingerprint density at radius 3 is 2.52 bits per heavy atom. The SMILES string of the molecule is COc1ccc(OC)c(C(Cc2ccccc2Br)NN)c1. The van der Waals surface area contributed by atoms with E-state index in [0.29, 0.717) is 0 Å². The van der Waals surface area contributed by atoms with Crippen LogP contribution in [0.5, 0.6) is 11.5 Å². The van der Waals surface area contributed by atoms with Crippen molar-refractivity contribution in [3.8, 4) is 11.5 Å². The maximum Gasteiger partial charge on any atom is 0.123 e. The van der Waals surface area contributed by atoms with Crippen LogP contribution in [0.4, 0.5) is 0 Å². The van der Waals surface area contributed by atoms with E-state index in [1.165, 1.54) is 5.56 Å². The molecule has 0 aromatic heterocycles. The van der Waals surface area contributed by atoms with Gasteiger partial charge in [-0.05, 0) is 36.2 Å². The van der Waals surface area contributed by atoms with Crippen molar-refractivity contribution in [1.82, 2.24) is 5.43 Å². The van der Waals surface area contributed by atoms with Gasteiger partial charge in [0, 0.05) is 10.0 Å². The number of hydrogen-bond acceptors (Lipinski definition) is 4. The summed E-state index contributed by atoms with van der Waals surface area (Å²) >= 11 is 3.57. The van der Waals surface area contributed by atoms with E-state index in [0.717, 1.165) is 28.0 Å². The topological polar surface area (TPSA) is 56.5 Å². The number of ether oxygens (including phenoxy) is 2. The summed E-state index contributed by atoms with van der Waals surface area (Å²) < 4.78 is 11.8. The molecule has 0 aliphatic rings. The normalized spacial score (nSPS) is 12.0. The maximum atomic E-state index is 5.76. The summed E-state index contributed by atoms with van der Waals surface area (Å²) in [6.07, 6.45) is 0.738. The van der Waals surface area contributed by atoms with Crippen molar-refractivity contribution < 1.29 is 9.47 Å². The van der Waals surface area contributed by atoms with E-state index in [1.807, 2.05) is 36.4 Å². The van der Waals surface area contributed by atoms with E-state index in [-0.39, 0.29) is 6.04 Å². The van der Waals surface area contributed by atoms with Crippen molar-refractivity contribution in [2.24, 2.45) is 5.84 Å². The average Bonchev–Trinajstić information content (AvgIpc) is 2.53. The second-order valence-corrected chi connectivity index (χ2v) is 5.48.